The van der Waals surface area contributed by atoms with Gasteiger partial charge in [-0.1, -0.05) is 79.8 Å². The number of ether oxygens (including phenoxy) is 2. The summed E-state index contributed by atoms with van der Waals surface area (Å²) in [4.78, 5) is 47.4. The third kappa shape index (κ3) is 13.1. The Morgan fingerprint density at radius 2 is 1.56 bits per heavy atom. The van der Waals surface area contributed by atoms with Gasteiger partial charge in [-0.05, 0) is 64.7 Å². The van der Waals surface area contributed by atoms with Crippen LogP contribution < -0.4 is 10.9 Å². The summed E-state index contributed by atoms with van der Waals surface area (Å²) in [7, 11) is 0. The molecule has 45 heavy (non-hydrogen) atoms. The van der Waals surface area contributed by atoms with Crippen LogP contribution in [0.3, 0.4) is 0 Å². The molecular weight excluding hydrogens is 570 g/mol. The zero-order chi connectivity index (χ0) is 32.1. The van der Waals surface area contributed by atoms with Gasteiger partial charge in [0.05, 0.1) is 18.8 Å². The molecule has 0 bridgehead atoms. The second kappa shape index (κ2) is 20.6. The molecule has 1 amide bonds. The van der Waals surface area contributed by atoms with E-state index in [9.17, 15) is 14.4 Å². The largest absolute Gasteiger partial charge is 0.461 e. The third-order valence-electron chi connectivity index (χ3n) is 7.04. The number of amides is 1. The summed E-state index contributed by atoms with van der Waals surface area (Å²) < 4.78 is 13.1. The number of allylic oxidation sites excluding steroid dienone is 12. The summed E-state index contributed by atoms with van der Waals surface area (Å²) in [6.07, 6.45) is 35.9. The Labute approximate surface area is 265 Å². The Morgan fingerprint density at radius 3 is 2.18 bits per heavy atom. The summed E-state index contributed by atoms with van der Waals surface area (Å²) in [6, 6.07) is -0.756. The van der Waals surface area contributed by atoms with Gasteiger partial charge in [0.25, 0.3) is 5.56 Å². The van der Waals surface area contributed by atoms with Gasteiger partial charge >= 0.3 is 5.97 Å². The van der Waals surface area contributed by atoms with Gasteiger partial charge in [-0.2, -0.15) is 0 Å². The first-order chi connectivity index (χ1) is 22.0. The van der Waals surface area contributed by atoms with E-state index in [1.54, 1.807) is 11.5 Å². The maximum atomic E-state index is 12.4. The first-order valence-electron chi connectivity index (χ1n) is 15.9. The van der Waals surface area contributed by atoms with Crippen molar-refractivity contribution in [3.63, 3.8) is 0 Å². The highest BCUT2D eigenvalue weighted by Crippen LogP contribution is 2.30. The van der Waals surface area contributed by atoms with Crippen LogP contribution >= 0.6 is 0 Å². The van der Waals surface area contributed by atoms with Crippen molar-refractivity contribution in [3.8, 4) is 0 Å². The molecule has 3 atom stereocenters. The maximum Gasteiger partial charge on any atom is 0.328 e. The lowest BCUT2D eigenvalue weighted by Gasteiger charge is -2.17. The van der Waals surface area contributed by atoms with Crippen molar-refractivity contribution in [2.45, 2.75) is 96.4 Å². The zero-order valence-electron chi connectivity index (χ0n) is 26.5. The van der Waals surface area contributed by atoms with Crippen molar-refractivity contribution in [1.29, 1.82) is 0 Å². The second-order valence-electron chi connectivity index (χ2n) is 10.7. The average molecular weight is 618 g/mol. The topological polar surface area (TPSA) is 128 Å². The number of aromatic amines is 1. The molecule has 0 aliphatic carbocycles. The van der Waals surface area contributed by atoms with E-state index in [-0.39, 0.29) is 35.9 Å². The molecule has 10 nitrogen and oxygen atoms in total. The minimum Gasteiger partial charge on any atom is -0.461 e. The number of nitrogens with one attached hydrogen (secondary N) is 2. The van der Waals surface area contributed by atoms with Crippen molar-refractivity contribution >= 4 is 23.0 Å². The number of hydrogen-bond acceptors (Lipinski definition) is 7. The number of nitrogens with zero attached hydrogens (tertiary/aromatic N) is 3. The van der Waals surface area contributed by atoms with Gasteiger partial charge < -0.3 is 19.8 Å². The summed E-state index contributed by atoms with van der Waals surface area (Å²) >= 11 is 0. The molecule has 0 spiro atoms. The van der Waals surface area contributed by atoms with E-state index in [0.29, 0.717) is 31.3 Å². The molecule has 2 aromatic rings. The number of aromatic nitrogens is 4. The van der Waals surface area contributed by atoms with Gasteiger partial charge in [0.15, 0.2) is 11.2 Å². The Hall–Kier alpha value is -4.31. The quantitative estimate of drug-likeness (QED) is 0.139. The van der Waals surface area contributed by atoms with Crippen molar-refractivity contribution in [1.82, 2.24) is 24.8 Å². The highest BCUT2D eigenvalue weighted by molar-refractivity contribution is 5.84. The molecule has 10 heteroatoms. The smallest absolute Gasteiger partial charge is 0.328 e. The van der Waals surface area contributed by atoms with Gasteiger partial charge in [0.2, 0.25) is 5.91 Å². The fraction of sp³-hybridized carbons (Fsp3) is 0.457. The number of carbonyl (C=O) groups excluding carboxylic acids is 2. The Kier molecular flexibility index (Phi) is 16.1. The molecule has 1 aliphatic heterocycles. The molecule has 2 N–H and O–H groups in total. The average Bonchev–Trinajstić information content (AvgIpc) is 3.69. The molecule has 242 valence electrons. The van der Waals surface area contributed by atoms with Gasteiger partial charge in [-0.3, -0.25) is 14.2 Å². The van der Waals surface area contributed by atoms with E-state index in [1.807, 2.05) is 12.2 Å². The summed E-state index contributed by atoms with van der Waals surface area (Å²) in [5, 5.41) is 2.70. The van der Waals surface area contributed by atoms with Crippen LogP contribution in [0, 0.1) is 0 Å². The molecule has 1 aliphatic rings. The minimum atomic E-state index is -0.756. The predicted molar refractivity (Wildman–Crippen MR) is 177 cm³/mol. The number of carbonyl (C=O) groups is 2. The molecule has 1 saturated heterocycles. The van der Waals surface area contributed by atoms with Crippen molar-refractivity contribution in [2.75, 3.05) is 6.61 Å². The molecular formula is C35H47N5O5. The molecule has 0 aromatic carbocycles. The first-order valence-corrected chi connectivity index (χ1v) is 15.9. The second-order valence-corrected chi connectivity index (χ2v) is 10.7. The number of hydrogen-bond donors (Lipinski definition) is 2. The number of H-pyrrole nitrogens is 1. The van der Waals surface area contributed by atoms with Crippen LogP contribution in [0.5, 0.6) is 0 Å². The zero-order valence-corrected chi connectivity index (χ0v) is 26.5. The molecule has 0 saturated carbocycles. The lowest BCUT2D eigenvalue weighted by atomic mass is 10.2. The number of imidazole rings is 1. The monoisotopic (exact) mass is 617 g/mol. The maximum absolute atomic E-state index is 12.4. The van der Waals surface area contributed by atoms with Gasteiger partial charge in [0.1, 0.15) is 18.9 Å². The SMILES string of the molecule is CCC=CCC=CCC=CCC=CCC=CCC=CCCC(=O)N[C@@H](C)C(=O)OC[C@@H]1CCC(n2cnc3c(=O)[nH]cnc32)O1. The van der Waals surface area contributed by atoms with E-state index in [2.05, 4.69) is 88.0 Å². The number of rotatable bonds is 19. The van der Waals surface area contributed by atoms with Crippen LogP contribution in [0.4, 0.5) is 0 Å². The summed E-state index contributed by atoms with van der Waals surface area (Å²) in [6.45, 7) is 3.83. The Morgan fingerprint density at radius 1 is 0.956 bits per heavy atom. The highest BCUT2D eigenvalue weighted by atomic mass is 16.6. The highest BCUT2D eigenvalue weighted by Gasteiger charge is 2.30. The Balaban J connectivity index is 1.20. The fourth-order valence-electron chi connectivity index (χ4n) is 4.61. The summed E-state index contributed by atoms with van der Waals surface area (Å²) in [5.74, 6) is -0.712. The van der Waals surface area contributed by atoms with E-state index in [0.717, 1.165) is 38.5 Å². The van der Waals surface area contributed by atoms with Crippen LogP contribution in [-0.4, -0.2) is 50.1 Å². The molecule has 1 fully saturated rings. The van der Waals surface area contributed by atoms with Crippen LogP contribution in [-0.2, 0) is 19.1 Å². The predicted octanol–water partition coefficient (Wildman–Crippen LogP) is 6.32. The van der Waals surface area contributed by atoms with E-state index >= 15 is 0 Å². The first kappa shape index (κ1) is 35.2. The lowest BCUT2D eigenvalue weighted by molar-refractivity contribution is -0.151. The van der Waals surface area contributed by atoms with Crippen LogP contribution in [0.1, 0.15) is 84.3 Å². The number of esters is 1. The van der Waals surface area contributed by atoms with Gasteiger partial charge in [-0.15, -0.1) is 0 Å². The van der Waals surface area contributed by atoms with Crippen LogP contribution in [0.25, 0.3) is 11.2 Å². The minimum absolute atomic E-state index is 0.0781. The molecule has 3 heterocycles. The standard InChI is InChI=1S/C35H47N5O5/c1-3-4-5-6-7-8-9-10-11-12-13-14-15-16-17-18-19-20-21-22-30(41)39-28(2)35(43)44-25-29-23-24-31(45-29)40-27-38-32-33(40)36-26-37-34(32)42/h4-5,7-8,10-11,13-14,16-17,19-20,26-29,31H,3,6,9,12,15,18,21-25H2,1-2H3,(H,39,41)(H,36,37,42)/t28-,29-,31?/m0/s1. The summed E-state index contributed by atoms with van der Waals surface area (Å²) in [5.41, 5.74) is 0.388. The third-order valence-corrected chi connectivity index (χ3v) is 7.04. The van der Waals surface area contributed by atoms with Gasteiger partial charge in [0, 0.05) is 6.42 Å². The van der Waals surface area contributed by atoms with E-state index in [4.69, 9.17) is 9.47 Å². The van der Waals surface area contributed by atoms with Crippen molar-refractivity contribution < 1.29 is 19.1 Å². The molecule has 3 rings (SSSR count). The molecule has 0 radical (unpaired) electrons. The molecule has 2 aromatic heterocycles. The fourth-order valence-corrected chi connectivity index (χ4v) is 4.61. The van der Waals surface area contributed by atoms with Crippen molar-refractivity contribution in [2.24, 2.45) is 0 Å². The lowest BCUT2D eigenvalue weighted by Crippen LogP contribution is -2.40. The molecule has 1 unspecified atom stereocenters. The van der Waals surface area contributed by atoms with E-state index in [1.165, 1.54) is 12.7 Å². The Bertz CT molecular complexity index is 1430. The van der Waals surface area contributed by atoms with Gasteiger partial charge in [-0.25, -0.2) is 14.8 Å². The normalized spacial score (nSPS) is 18.2. The van der Waals surface area contributed by atoms with E-state index < -0.39 is 12.0 Å². The van der Waals surface area contributed by atoms with Crippen molar-refractivity contribution in [3.05, 3.63) is 95.9 Å². The number of fused-ring (bicyclic) bond motifs is 1. The van der Waals surface area contributed by atoms with Crippen LogP contribution in [0.2, 0.25) is 0 Å². The van der Waals surface area contributed by atoms with Crippen LogP contribution in [0.15, 0.2) is 90.4 Å².